The highest BCUT2D eigenvalue weighted by Gasteiger charge is 2.16. The van der Waals surface area contributed by atoms with E-state index in [2.05, 4.69) is 57.0 Å². The average molecular weight is 315 g/mol. The summed E-state index contributed by atoms with van der Waals surface area (Å²) in [5, 5.41) is 3.16. The van der Waals surface area contributed by atoms with Gasteiger partial charge < -0.3 is 16.0 Å². The second-order valence-corrected chi connectivity index (χ2v) is 6.10. The van der Waals surface area contributed by atoms with Gasteiger partial charge >= 0.3 is 0 Å². The van der Waals surface area contributed by atoms with Crippen molar-refractivity contribution >= 4 is 11.6 Å². The molecule has 126 valence electrons. The van der Waals surface area contributed by atoms with Crippen LogP contribution in [0.3, 0.4) is 0 Å². The van der Waals surface area contributed by atoms with Crippen molar-refractivity contribution in [2.45, 2.75) is 13.3 Å². The maximum atomic E-state index is 5.80. The molecule has 0 saturated carbocycles. The summed E-state index contributed by atoms with van der Waals surface area (Å²) in [6, 6.07) is 10.7. The van der Waals surface area contributed by atoms with E-state index in [0.29, 0.717) is 12.5 Å². The fourth-order valence-electron chi connectivity index (χ4n) is 2.66. The molecule has 1 aromatic carbocycles. The average Bonchev–Trinajstić information content (AvgIpc) is 2.58. The van der Waals surface area contributed by atoms with Crippen molar-refractivity contribution in [3.63, 3.8) is 0 Å². The Hall–Kier alpha value is -2.01. The molecule has 1 aliphatic heterocycles. The molecular formula is C18H29N5. The van der Waals surface area contributed by atoms with Gasteiger partial charge in [0.05, 0.1) is 6.54 Å². The third-order valence-corrected chi connectivity index (χ3v) is 3.97. The number of anilines is 1. The molecule has 0 amide bonds. The number of rotatable bonds is 7. The van der Waals surface area contributed by atoms with Gasteiger partial charge in [0.2, 0.25) is 0 Å². The van der Waals surface area contributed by atoms with Gasteiger partial charge in [-0.3, -0.25) is 4.90 Å². The number of aliphatic imine (C=N–C) groups is 1. The summed E-state index contributed by atoms with van der Waals surface area (Å²) < 4.78 is 0. The predicted octanol–water partition coefficient (Wildman–Crippen LogP) is 1.68. The number of nitrogens with zero attached hydrogens (tertiary/aromatic N) is 3. The molecule has 1 aromatic rings. The minimum absolute atomic E-state index is 0.516. The zero-order chi connectivity index (χ0) is 16.5. The van der Waals surface area contributed by atoms with E-state index in [9.17, 15) is 0 Å². The molecule has 1 aliphatic rings. The minimum atomic E-state index is 0.516. The zero-order valence-electron chi connectivity index (χ0n) is 14.2. The Morgan fingerprint density at radius 3 is 2.57 bits per heavy atom. The summed E-state index contributed by atoms with van der Waals surface area (Å²) in [7, 11) is 0. The summed E-state index contributed by atoms with van der Waals surface area (Å²) in [6.07, 6.45) is 1.08. The Labute approximate surface area is 139 Å². The number of piperazine rings is 1. The molecule has 0 spiro atoms. The molecule has 2 rings (SSSR count). The van der Waals surface area contributed by atoms with E-state index in [4.69, 9.17) is 5.73 Å². The molecule has 0 aliphatic carbocycles. The fraction of sp³-hybridized carbons (Fsp3) is 0.500. The second-order valence-electron chi connectivity index (χ2n) is 6.10. The van der Waals surface area contributed by atoms with E-state index in [1.165, 1.54) is 5.69 Å². The first kappa shape index (κ1) is 17.3. The number of guanidine groups is 1. The van der Waals surface area contributed by atoms with Crippen LogP contribution in [0.15, 0.2) is 47.5 Å². The first-order valence-electron chi connectivity index (χ1n) is 8.35. The lowest BCUT2D eigenvalue weighted by Gasteiger charge is -2.36. The van der Waals surface area contributed by atoms with Gasteiger partial charge in [-0.15, -0.1) is 0 Å². The van der Waals surface area contributed by atoms with Gasteiger partial charge in [-0.25, -0.2) is 4.99 Å². The van der Waals surface area contributed by atoms with Crippen LogP contribution >= 0.6 is 0 Å². The molecule has 23 heavy (non-hydrogen) atoms. The molecule has 1 fully saturated rings. The quantitative estimate of drug-likeness (QED) is 0.348. The first-order chi connectivity index (χ1) is 11.1. The monoisotopic (exact) mass is 315 g/mol. The Kier molecular flexibility index (Phi) is 6.94. The molecular weight excluding hydrogens is 286 g/mol. The van der Waals surface area contributed by atoms with E-state index in [1.807, 2.05) is 6.92 Å². The van der Waals surface area contributed by atoms with Crippen molar-refractivity contribution in [2.24, 2.45) is 10.7 Å². The maximum Gasteiger partial charge on any atom is 0.188 e. The van der Waals surface area contributed by atoms with Crippen LogP contribution in [0.25, 0.3) is 0 Å². The Bertz CT molecular complexity index is 503. The summed E-state index contributed by atoms with van der Waals surface area (Å²) in [4.78, 5) is 9.19. The number of nitrogens with two attached hydrogens (primary N) is 1. The molecule has 5 heteroatoms. The predicted molar refractivity (Wildman–Crippen MR) is 99.0 cm³/mol. The van der Waals surface area contributed by atoms with Crippen molar-refractivity contribution in [3.8, 4) is 0 Å². The number of hydrogen-bond donors (Lipinski definition) is 2. The number of hydrogen-bond acceptors (Lipinski definition) is 3. The van der Waals surface area contributed by atoms with Crippen molar-refractivity contribution in [2.75, 3.05) is 50.7 Å². The van der Waals surface area contributed by atoms with Crippen LogP contribution in [-0.4, -0.2) is 56.7 Å². The van der Waals surface area contributed by atoms with Crippen LogP contribution < -0.4 is 16.0 Å². The smallest absolute Gasteiger partial charge is 0.188 e. The van der Waals surface area contributed by atoms with E-state index >= 15 is 0 Å². The number of benzene rings is 1. The molecule has 3 N–H and O–H groups in total. The standard InChI is InChI=1S/C18H29N5/c1-16(2)15-21-18(19)20-9-6-10-22-11-13-23(14-12-22)17-7-4-3-5-8-17/h3-5,7-8H,1,6,9-15H2,2H3,(H3,19,20,21). The van der Waals surface area contributed by atoms with Gasteiger partial charge in [-0.1, -0.05) is 30.4 Å². The van der Waals surface area contributed by atoms with Gasteiger partial charge in [0.15, 0.2) is 5.96 Å². The molecule has 0 atom stereocenters. The van der Waals surface area contributed by atoms with E-state index in [0.717, 1.165) is 51.3 Å². The van der Waals surface area contributed by atoms with E-state index in [-0.39, 0.29) is 0 Å². The Morgan fingerprint density at radius 1 is 1.22 bits per heavy atom. The van der Waals surface area contributed by atoms with Crippen LogP contribution in [-0.2, 0) is 0 Å². The number of nitrogens with one attached hydrogen (secondary N) is 1. The van der Waals surface area contributed by atoms with Crippen LogP contribution in [0.2, 0.25) is 0 Å². The SMILES string of the molecule is C=C(C)CN=C(N)NCCCN1CCN(c2ccccc2)CC1. The van der Waals surface area contributed by atoms with Crippen LogP contribution in [0.1, 0.15) is 13.3 Å². The Balaban J connectivity index is 1.60. The normalized spacial score (nSPS) is 16.4. The van der Waals surface area contributed by atoms with Crippen LogP contribution in [0.4, 0.5) is 5.69 Å². The van der Waals surface area contributed by atoms with Crippen LogP contribution in [0, 0.1) is 0 Å². The molecule has 1 heterocycles. The summed E-state index contributed by atoms with van der Waals surface area (Å²) >= 11 is 0. The highest BCUT2D eigenvalue weighted by atomic mass is 15.3. The third-order valence-electron chi connectivity index (χ3n) is 3.97. The molecule has 0 aromatic heterocycles. The van der Waals surface area contributed by atoms with Gasteiger partial charge in [-0.05, 0) is 32.0 Å². The first-order valence-corrected chi connectivity index (χ1v) is 8.35. The van der Waals surface area contributed by atoms with E-state index < -0.39 is 0 Å². The maximum absolute atomic E-state index is 5.80. The Morgan fingerprint density at radius 2 is 1.91 bits per heavy atom. The van der Waals surface area contributed by atoms with Gasteiger partial charge in [0, 0.05) is 38.4 Å². The highest BCUT2D eigenvalue weighted by molar-refractivity contribution is 5.77. The third kappa shape index (κ3) is 6.32. The van der Waals surface area contributed by atoms with Crippen molar-refractivity contribution in [1.29, 1.82) is 0 Å². The second kappa shape index (κ2) is 9.20. The van der Waals surface area contributed by atoms with Gasteiger partial charge in [0.1, 0.15) is 0 Å². The summed E-state index contributed by atoms with van der Waals surface area (Å²) in [5.41, 5.74) is 8.15. The van der Waals surface area contributed by atoms with Crippen molar-refractivity contribution in [3.05, 3.63) is 42.5 Å². The summed E-state index contributed by atoms with van der Waals surface area (Å²) in [6.45, 7) is 12.8. The molecule has 0 radical (unpaired) electrons. The summed E-state index contributed by atoms with van der Waals surface area (Å²) in [5.74, 6) is 0.516. The molecule has 5 nitrogen and oxygen atoms in total. The van der Waals surface area contributed by atoms with E-state index in [1.54, 1.807) is 0 Å². The lowest BCUT2D eigenvalue weighted by atomic mass is 10.2. The lowest BCUT2D eigenvalue weighted by Crippen LogP contribution is -2.47. The van der Waals surface area contributed by atoms with Crippen molar-refractivity contribution in [1.82, 2.24) is 10.2 Å². The number of para-hydroxylation sites is 1. The van der Waals surface area contributed by atoms with Crippen molar-refractivity contribution < 1.29 is 0 Å². The molecule has 1 saturated heterocycles. The minimum Gasteiger partial charge on any atom is -0.370 e. The fourth-order valence-corrected chi connectivity index (χ4v) is 2.66. The zero-order valence-corrected chi connectivity index (χ0v) is 14.2. The van der Waals surface area contributed by atoms with Gasteiger partial charge in [0.25, 0.3) is 0 Å². The lowest BCUT2D eigenvalue weighted by molar-refractivity contribution is 0.255. The molecule has 0 bridgehead atoms. The molecule has 0 unspecified atom stereocenters. The van der Waals surface area contributed by atoms with Gasteiger partial charge in [-0.2, -0.15) is 0 Å². The largest absolute Gasteiger partial charge is 0.370 e. The highest BCUT2D eigenvalue weighted by Crippen LogP contribution is 2.15. The van der Waals surface area contributed by atoms with Crippen LogP contribution in [0.5, 0.6) is 0 Å². The topological polar surface area (TPSA) is 56.9 Å².